The van der Waals surface area contributed by atoms with Crippen molar-refractivity contribution in [3.05, 3.63) is 76.5 Å². The molecule has 1 aromatic carbocycles. The number of fused-ring (bicyclic) bond motifs is 1. The van der Waals surface area contributed by atoms with Gasteiger partial charge in [0.1, 0.15) is 5.69 Å². The molecule has 2 fully saturated rings. The fourth-order valence-corrected chi connectivity index (χ4v) is 5.17. The number of hydrogen-bond acceptors (Lipinski definition) is 7. The SMILES string of the molecule is Cc1nc(N2C[C@H]3C[C@H]3C2=O)ncc1[C@@H](C)n1cc(NC(=O)c2cncc(-c3c(C(F)F)ccc(Cl)c3F)n2)cn1. The van der Waals surface area contributed by atoms with E-state index in [2.05, 4.69) is 30.4 Å². The maximum Gasteiger partial charge on any atom is 0.275 e. The number of halogens is 4. The van der Waals surface area contributed by atoms with Gasteiger partial charge in [0, 0.05) is 47.2 Å². The predicted molar refractivity (Wildman–Crippen MR) is 142 cm³/mol. The van der Waals surface area contributed by atoms with Crippen molar-refractivity contribution >= 4 is 35.1 Å². The van der Waals surface area contributed by atoms with Gasteiger partial charge in [0.15, 0.2) is 5.82 Å². The first-order chi connectivity index (χ1) is 19.6. The molecule has 6 rings (SSSR count). The van der Waals surface area contributed by atoms with E-state index in [1.807, 2.05) is 13.8 Å². The maximum atomic E-state index is 14.7. The van der Waals surface area contributed by atoms with Crippen LogP contribution in [0.1, 0.15) is 53.1 Å². The summed E-state index contributed by atoms with van der Waals surface area (Å²) in [5.41, 5.74) is 0.175. The molecule has 4 aromatic rings. The zero-order valence-corrected chi connectivity index (χ0v) is 22.5. The first-order valence-electron chi connectivity index (χ1n) is 12.7. The summed E-state index contributed by atoms with van der Waals surface area (Å²) in [5, 5.41) is 6.59. The smallest absolute Gasteiger partial charge is 0.275 e. The minimum atomic E-state index is -3.00. The Hall–Kier alpha value is -4.39. The van der Waals surface area contributed by atoms with E-state index in [4.69, 9.17) is 11.6 Å². The van der Waals surface area contributed by atoms with E-state index < -0.39 is 29.3 Å². The molecule has 1 N–H and O–H groups in total. The number of nitrogens with zero attached hydrogens (tertiary/aromatic N) is 7. The van der Waals surface area contributed by atoms with Crippen LogP contribution in [-0.2, 0) is 4.79 Å². The largest absolute Gasteiger partial charge is 0.318 e. The highest BCUT2D eigenvalue weighted by Crippen LogP contribution is 2.46. The lowest BCUT2D eigenvalue weighted by Crippen LogP contribution is -2.30. The quantitative estimate of drug-likeness (QED) is 0.325. The molecule has 2 aliphatic rings. The molecular weight excluding hydrogens is 561 g/mol. The Balaban J connectivity index is 1.18. The van der Waals surface area contributed by atoms with Crippen LogP contribution in [0.15, 0.2) is 43.1 Å². The molecule has 0 radical (unpaired) electrons. The van der Waals surface area contributed by atoms with Crippen LogP contribution in [0.3, 0.4) is 0 Å². The minimum Gasteiger partial charge on any atom is -0.318 e. The molecule has 10 nitrogen and oxygen atoms in total. The Morgan fingerprint density at radius 1 is 1.15 bits per heavy atom. The van der Waals surface area contributed by atoms with Crippen molar-refractivity contribution in [3.8, 4) is 11.3 Å². The van der Waals surface area contributed by atoms with E-state index in [-0.39, 0.29) is 34.3 Å². The third-order valence-electron chi connectivity index (χ3n) is 7.36. The zero-order chi connectivity index (χ0) is 29.0. The van der Waals surface area contributed by atoms with Gasteiger partial charge in [-0.15, -0.1) is 0 Å². The van der Waals surface area contributed by atoms with E-state index in [1.165, 1.54) is 6.20 Å². The fourth-order valence-electron chi connectivity index (χ4n) is 5.02. The minimum absolute atomic E-state index is 0.0741. The number of carbonyl (C=O) groups is 2. The number of amides is 2. The molecule has 3 atom stereocenters. The summed E-state index contributed by atoms with van der Waals surface area (Å²) >= 11 is 5.80. The molecule has 41 heavy (non-hydrogen) atoms. The van der Waals surface area contributed by atoms with Crippen LogP contribution in [0.2, 0.25) is 5.02 Å². The summed E-state index contributed by atoms with van der Waals surface area (Å²) in [7, 11) is 0. The van der Waals surface area contributed by atoms with E-state index in [9.17, 15) is 22.8 Å². The lowest BCUT2D eigenvalue weighted by Gasteiger charge is -2.19. The predicted octanol–water partition coefficient (Wildman–Crippen LogP) is 5.01. The lowest BCUT2D eigenvalue weighted by molar-refractivity contribution is -0.118. The van der Waals surface area contributed by atoms with E-state index in [0.717, 1.165) is 36.5 Å². The number of benzene rings is 1. The van der Waals surface area contributed by atoms with Crippen molar-refractivity contribution in [2.75, 3.05) is 16.8 Å². The number of aromatic nitrogens is 6. The van der Waals surface area contributed by atoms with Crippen molar-refractivity contribution < 1.29 is 22.8 Å². The molecule has 1 aliphatic carbocycles. The first kappa shape index (κ1) is 26.8. The summed E-state index contributed by atoms with van der Waals surface area (Å²) in [6.07, 6.45) is 4.85. The van der Waals surface area contributed by atoms with Crippen molar-refractivity contribution in [1.82, 2.24) is 29.7 Å². The Bertz CT molecular complexity index is 1700. The van der Waals surface area contributed by atoms with Gasteiger partial charge in [-0.05, 0) is 32.3 Å². The molecule has 0 spiro atoms. The summed E-state index contributed by atoms with van der Waals surface area (Å²) in [5.74, 6) is -0.802. The summed E-state index contributed by atoms with van der Waals surface area (Å²) < 4.78 is 43.4. The molecule has 0 unspecified atom stereocenters. The van der Waals surface area contributed by atoms with Crippen LogP contribution >= 0.6 is 11.6 Å². The van der Waals surface area contributed by atoms with E-state index >= 15 is 0 Å². The van der Waals surface area contributed by atoms with Gasteiger partial charge in [-0.1, -0.05) is 17.7 Å². The highest BCUT2D eigenvalue weighted by Gasteiger charge is 2.53. The number of rotatable bonds is 7. The molecule has 1 saturated heterocycles. The second-order valence-electron chi connectivity index (χ2n) is 10.0. The van der Waals surface area contributed by atoms with Gasteiger partial charge in [-0.2, -0.15) is 5.10 Å². The second kappa shape index (κ2) is 10.2. The Morgan fingerprint density at radius 2 is 1.95 bits per heavy atom. The normalized spacial score (nSPS) is 18.5. The average Bonchev–Trinajstić information content (AvgIpc) is 3.45. The molecule has 0 bridgehead atoms. The first-order valence-corrected chi connectivity index (χ1v) is 13.1. The van der Waals surface area contributed by atoms with Gasteiger partial charge < -0.3 is 5.32 Å². The van der Waals surface area contributed by atoms with Crippen LogP contribution in [-0.4, -0.2) is 48.1 Å². The molecule has 210 valence electrons. The fraction of sp³-hybridized carbons (Fsp3) is 0.296. The topological polar surface area (TPSA) is 119 Å². The molecular formula is C27H22ClF3N8O2. The average molecular weight is 583 g/mol. The molecule has 3 aromatic heterocycles. The number of anilines is 2. The number of aryl methyl sites for hydroxylation is 1. The Kier molecular flexibility index (Phi) is 6.68. The number of piperidine rings is 1. The van der Waals surface area contributed by atoms with E-state index in [0.29, 0.717) is 29.8 Å². The van der Waals surface area contributed by atoms with E-state index in [1.54, 1.807) is 22.0 Å². The van der Waals surface area contributed by atoms with Crippen LogP contribution in [0.25, 0.3) is 11.3 Å². The lowest BCUT2D eigenvalue weighted by atomic mass is 10.0. The highest BCUT2D eigenvalue weighted by atomic mass is 35.5. The molecule has 2 amide bonds. The Morgan fingerprint density at radius 3 is 2.66 bits per heavy atom. The number of carbonyl (C=O) groups excluding carboxylic acids is 2. The Labute approximate surface area is 236 Å². The molecule has 1 saturated carbocycles. The molecule has 14 heteroatoms. The van der Waals surface area contributed by atoms with Crippen molar-refractivity contribution in [3.63, 3.8) is 0 Å². The second-order valence-corrected chi connectivity index (χ2v) is 10.4. The van der Waals surface area contributed by atoms with Gasteiger partial charge in [0.25, 0.3) is 12.3 Å². The van der Waals surface area contributed by atoms with Gasteiger partial charge >= 0.3 is 0 Å². The van der Waals surface area contributed by atoms with Crippen molar-refractivity contribution in [1.29, 1.82) is 0 Å². The summed E-state index contributed by atoms with van der Waals surface area (Å²) in [6, 6.07) is 1.73. The number of nitrogens with one attached hydrogen (secondary N) is 1. The zero-order valence-electron chi connectivity index (χ0n) is 21.7. The third kappa shape index (κ3) is 4.90. The monoisotopic (exact) mass is 582 g/mol. The van der Waals surface area contributed by atoms with Crippen LogP contribution in [0.5, 0.6) is 0 Å². The van der Waals surface area contributed by atoms with Gasteiger partial charge in [0.05, 0.1) is 41.0 Å². The van der Waals surface area contributed by atoms with Crippen molar-refractivity contribution in [2.45, 2.75) is 32.7 Å². The van der Waals surface area contributed by atoms with Crippen LogP contribution in [0.4, 0.5) is 24.8 Å². The highest BCUT2D eigenvalue weighted by molar-refractivity contribution is 6.31. The molecule has 4 heterocycles. The summed E-state index contributed by atoms with van der Waals surface area (Å²) in [6.45, 7) is 4.36. The van der Waals surface area contributed by atoms with Gasteiger partial charge in [-0.25, -0.2) is 28.1 Å². The van der Waals surface area contributed by atoms with Gasteiger partial charge in [-0.3, -0.25) is 24.2 Å². The van der Waals surface area contributed by atoms with Crippen LogP contribution in [0, 0.1) is 24.6 Å². The molecule has 1 aliphatic heterocycles. The maximum absolute atomic E-state index is 14.7. The van der Waals surface area contributed by atoms with Crippen LogP contribution < -0.4 is 10.2 Å². The number of alkyl halides is 2. The van der Waals surface area contributed by atoms with Gasteiger partial charge in [0.2, 0.25) is 11.9 Å². The summed E-state index contributed by atoms with van der Waals surface area (Å²) in [4.78, 5) is 43.9. The number of hydrogen-bond donors (Lipinski definition) is 1. The van der Waals surface area contributed by atoms with Crippen molar-refractivity contribution in [2.24, 2.45) is 11.8 Å². The third-order valence-corrected chi connectivity index (χ3v) is 7.65. The standard InChI is InChI=1S/C27H22ClF3N8O2/c1-12-18(7-33-27(35-12)38-10-14-5-17(14)26(38)41)13(2)39-11-15(6-34-39)36-25(40)21-9-32-8-20(37-21)22-16(24(30)31)3-4-19(28)23(22)29/h3-4,6-9,11,13-14,17,24H,5,10H2,1-2H3,(H,36,40)/t13-,14-,17-/m1/s1.